The first-order chi connectivity index (χ1) is 16.9. The van der Waals surface area contributed by atoms with E-state index in [4.69, 9.17) is 33.2 Å². The number of anilines is 1. The van der Waals surface area contributed by atoms with E-state index in [1.54, 1.807) is 29.2 Å². The first-order valence-corrected chi connectivity index (χ1v) is 12.0. The maximum Gasteiger partial charge on any atom is 0.254 e. The summed E-state index contributed by atoms with van der Waals surface area (Å²) in [5, 5.41) is 13.9. The second-order valence-electron chi connectivity index (χ2n) is 8.51. The molecule has 3 heterocycles. The number of aryl methyl sites for hydroxylation is 1. The van der Waals surface area contributed by atoms with Gasteiger partial charge in [-0.05, 0) is 48.7 Å². The lowest BCUT2D eigenvalue weighted by molar-refractivity contribution is 0.0765. The molecule has 35 heavy (non-hydrogen) atoms. The maximum absolute atomic E-state index is 12.9. The van der Waals surface area contributed by atoms with Gasteiger partial charge in [0.25, 0.3) is 5.91 Å². The molecule has 0 bridgehead atoms. The Morgan fingerprint density at radius 1 is 1.17 bits per heavy atom. The SMILES string of the molecule is Cn1ccc2nc(-c3ccc(C(=O)N4CCC[C@H]4C#N)cc3)nc(NCc3ccc(Cl)cc3Cl)c21. The van der Waals surface area contributed by atoms with Crippen molar-refractivity contribution in [2.45, 2.75) is 25.4 Å². The van der Waals surface area contributed by atoms with Gasteiger partial charge in [-0.1, -0.05) is 41.4 Å². The Bertz CT molecular complexity index is 1460. The van der Waals surface area contributed by atoms with Gasteiger partial charge in [-0.15, -0.1) is 0 Å². The number of halogens is 2. The highest BCUT2D eigenvalue weighted by Gasteiger charge is 2.29. The summed E-state index contributed by atoms with van der Waals surface area (Å²) in [7, 11) is 1.94. The predicted molar refractivity (Wildman–Crippen MR) is 137 cm³/mol. The minimum Gasteiger partial charge on any atom is -0.364 e. The van der Waals surface area contributed by atoms with Crippen LogP contribution in [0.3, 0.4) is 0 Å². The zero-order valence-corrected chi connectivity index (χ0v) is 20.5. The van der Waals surface area contributed by atoms with Crippen LogP contribution >= 0.6 is 23.2 Å². The number of hydrogen-bond donors (Lipinski definition) is 1. The molecule has 5 rings (SSSR count). The van der Waals surface area contributed by atoms with E-state index in [0.29, 0.717) is 40.3 Å². The molecule has 2 aromatic heterocycles. The molecule has 1 aliphatic rings. The molecule has 1 fully saturated rings. The number of fused-ring (bicyclic) bond motifs is 1. The van der Waals surface area contributed by atoms with Crippen molar-refractivity contribution in [3.8, 4) is 17.5 Å². The molecule has 2 aromatic carbocycles. The van der Waals surface area contributed by atoms with Gasteiger partial charge in [-0.3, -0.25) is 4.79 Å². The topological polar surface area (TPSA) is 86.8 Å². The molecule has 1 atom stereocenters. The van der Waals surface area contributed by atoms with E-state index >= 15 is 0 Å². The number of nitrogens with zero attached hydrogens (tertiary/aromatic N) is 5. The van der Waals surface area contributed by atoms with E-state index in [1.165, 1.54) is 0 Å². The molecule has 176 valence electrons. The van der Waals surface area contributed by atoms with E-state index in [1.807, 2.05) is 42.1 Å². The lowest BCUT2D eigenvalue weighted by atomic mass is 10.1. The van der Waals surface area contributed by atoms with Crippen LogP contribution in [0.2, 0.25) is 10.0 Å². The van der Waals surface area contributed by atoms with Crippen molar-refractivity contribution < 1.29 is 4.79 Å². The Hall–Kier alpha value is -3.60. The van der Waals surface area contributed by atoms with Gasteiger partial charge < -0.3 is 14.8 Å². The van der Waals surface area contributed by atoms with Gasteiger partial charge in [0.1, 0.15) is 11.6 Å². The van der Waals surface area contributed by atoms with Crippen LogP contribution in [0, 0.1) is 11.3 Å². The van der Waals surface area contributed by atoms with Crippen LogP contribution in [0.25, 0.3) is 22.4 Å². The van der Waals surface area contributed by atoms with Gasteiger partial charge in [-0.25, -0.2) is 9.97 Å². The second kappa shape index (κ2) is 9.57. The quantitative estimate of drug-likeness (QED) is 0.377. The van der Waals surface area contributed by atoms with E-state index in [9.17, 15) is 10.1 Å². The van der Waals surface area contributed by atoms with Crippen LogP contribution in [0.5, 0.6) is 0 Å². The van der Waals surface area contributed by atoms with E-state index in [0.717, 1.165) is 35.0 Å². The largest absolute Gasteiger partial charge is 0.364 e. The summed E-state index contributed by atoms with van der Waals surface area (Å²) < 4.78 is 1.97. The molecule has 1 saturated heterocycles. The number of carbonyl (C=O) groups is 1. The van der Waals surface area contributed by atoms with Gasteiger partial charge in [0.15, 0.2) is 11.6 Å². The van der Waals surface area contributed by atoms with Gasteiger partial charge >= 0.3 is 0 Å². The summed E-state index contributed by atoms with van der Waals surface area (Å²) in [4.78, 5) is 24.0. The second-order valence-corrected chi connectivity index (χ2v) is 9.35. The summed E-state index contributed by atoms with van der Waals surface area (Å²) in [6.07, 6.45) is 3.51. The van der Waals surface area contributed by atoms with Crippen molar-refractivity contribution in [2.75, 3.05) is 11.9 Å². The summed E-state index contributed by atoms with van der Waals surface area (Å²) in [6, 6.07) is 16.4. The van der Waals surface area contributed by atoms with Crippen molar-refractivity contribution in [1.82, 2.24) is 19.4 Å². The van der Waals surface area contributed by atoms with E-state index in [2.05, 4.69) is 11.4 Å². The third kappa shape index (κ3) is 4.55. The zero-order chi connectivity index (χ0) is 24.5. The number of benzene rings is 2. The molecule has 0 radical (unpaired) electrons. The molecule has 9 heteroatoms. The zero-order valence-electron chi connectivity index (χ0n) is 19.0. The summed E-state index contributed by atoms with van der Waals surface area (Å²) in [5.41, 5.74) is 3.92. The van der Waals surface area contributed by atoms with Crippen molar-refractivity contribution in [2.24, 2.45) is 7.05 Å². The third-order valence-electron chi connectivity index (χ3n) is 6.23. The fourth-order valence-corrected chi connectivity index (χ4v) is 4.84. The smallest absolute Gasteiger partial charge is 0.254 e. The fraction of sp³-hybridized carbons (Fsp3) is 0.231. The molecule has 1 N–H and O–H groups in total. The minimum atomic E-state index is -0.353. The number of aromatic nitrogens is 3. The molecular weight excluding hydrogens is 483 g/mol. The van der Waals surface area contributed by atoms with Gasteiger partial charge in [0, 0.05) is 47.5 Å². The molecule has 0 saturated carbocycles. The highest BCUT2D eigenvalue weighted by Crippen LogP contribution is 2.28. The first-order valence-electron chi connectivity index (χ1n) is 11.3. The standard InChI is InChI=1S/C26H22Cl2N6O/c1-33-12-10-22-23(33)25(30-15-18-8-9-19(27)13-21(18)28)32-24(31-22)16-4-6-17(7-5-16)26(35)34-11-2-3-20(34)14-29/h4-10,12-13,20H,2-3,11,15H2,1H3,(H,30,31,32)/t20-/m0/s1. The molecule has 1 amide bonds. The van der Waals surface area contributed by atoms with Gasteiger partial charge in [0.05, 0.1) is 11.6 Å². The van der Waals surface area contributed by atoms with Crippen LogP contribution in [-0.4, -0.2) is 37.9 Å². The van der Waals surface area contributed by atoms with Crippen molar-refractivity contribution in [3.05, 3.63) is 75.9 Å². The third-order valence-corrected chi connectivity index (χ3v) is 6.82. The van der Waals surface area contributed by atoms with Gasteiger partial charge in [-0.2, -0.15) is 5.26 Å². The van der Waals surface area contributed by atoms with Crippen LogP contribution in [0.1, 0.15) is 28.8 Å². The summed E-state index contributed by atoms with van der Waals surface area (Å²) in [5.74, 6) is 1.10. The lowest BCUT2D eigenvalue weighted by Crippen LogP contribution is -2.34. The van der Waals surface area contributed by atoms with Crippen LogP contribution in [0.15, 0.2) is 54.7 Å². The number of carbonyl (C=O) groups excluding carboxylic acids is 1. The maximum atomic E-state index is 12.9. The van der Waals surface area contributed by atoms with E-state index < -0.39 is 0 Å². The Kier molecular flexibility index (Phi) is 6.33. The highest BCUT2D eigenvalue weighted by molar-refractivity contribution is 6.35. The minimum absolute atomic E-state index is 0.123. The van der Waals surface area contributed by atoms with Crippen LogP contribution in [0.4, 0.5) is 5.82 Å². The average molecular weight is 505 g/mol. The predicted octanol–water partition coefficient (Wildman–Crippen LogP) is 5.68. The molecular formula is C26H22Cl2N6O. The number of nitriles is 1. The van der Waals surface area contributed by atoms with Crippen LogP contribution in [-0.2, 0) is 13.6 Å². The lowest BCUT2D eigenvalue weighted by Gasteiger charge is -2.19. The fourth-order valence-electron chi connectivity index (χ4n) is 4.36. The molecule has 4 aromatic rings. The first kappa shape index (κ1) is 23.2. The van der Waals surface area contributed by atoms with Crippen molar-refractivity contribution >= 4 is 46.0 Å². The Morgan fingerprint density at radius 3 is 2.71 bits per heavy atom. The molecule has 0 aliphatic carbocycles. The average Bonchev–Trinajstić information content (AvgIpc) is 3.49. The Morgan fingerprint density at radius 2 is 1.97 bits per heavy atom. The number of amides is 1. The molecule has 7 nitrogen and oxygen atoms in total. The van der Waals surface area contributed by atoms with Crippen molar-refractivity contribution in [1.29, 1.82) is 5.26 Å². The Balaban J connectivity index is 1.43. The van der Waals surface area contributed by atoms with Crippen LogP contribution < -0.4 is 5.32 Å². The number of likely N-dealkylation sites (tertiary alicyclic amines) is 1. The number of rotatable bonds is 5. The molecule has 0 unspecified atom stereocenters. The highest BCUT2D eigenvalue weighted by atomic mass is 35.5. The number of hydrogen-bond acceptors (Lipinski definition) is 5. The van der Waals surface area contributed by atoms with Crippen molar-refractivity contribution in [3.63, 3.8) is 0 Å². The molecule has 0 spiro atoms. The molecule has 1 aliphatic heterocycles. The summed E-state index contributed by atoms with van der Waals surface area (Å²) >= 11 is 12.4. The van der Waals surface area contributed by atoms with Gasteiger partial charge in [0.2, 0.25) is 0 Å². The Labute approximate surface area is 212 Å². The monoisotopic (exact) mass is 504 g/mol. The van der Waals surface area contributed by atoms with E-state index in [-0.39, 0.29) is 11.9 Å². The normalized spacial score (nSPS) is 15.4. The number of nitrogens with one attached hydrogen (secondary N) is 1. The summed E-state index contributed by atoms with van der Waals surface area (Å²) in [6.45, 7) is 1.08.